The summed E-state index contributed by atoms with van der Waals surface area (Å²) in [6, 6.07) is 7.02. The summed E-state index contributed by atoms with van der Waals surface area (Å²) in [6.45, 7) is 5.25. The van der Waals surface area contributed by atoms with Crippen molar-refractivity contribution in [2.24, 2.45) is 11.8 Å². The largest absolute Gasteiger partial charge is 0.367 e. The van der Waals surface area contributed by atoms with E-state index in [0.717, 1.165) is 60.6 Å². The molecule has 0 spiro atoms. The van der Waals surface area contributed by atoms with Gasteiger partial charge >= 0.3 is 0 Å². The van der Waals surface area contributed by atoms with Crippen LogP contribution in [0.4, 0.5) is 11.8 Å². The van der Waals surface area contributed by atoms with Gasteiger partial charge in [0.05, 0.1) is 5.52 Å². The molecule has 2 saturated carbocycles. The first kappa shape index (κ1) is 19.8. The van der Waals surface area contributed by atoms with Crippen molar-refractivity contribution in [3.05, 3.63) is 29.8 Å². The third-order valence-electron chi connectivity index (χ3n) is 7.10. The minimum Gasteiger partial charge on any atom is -0.367 e. The van der Waals surface area contributed by atoms with Crippen LogP contribution in [0.1, 0.15) is 63.9 Å². The van der Waals surface area contributed by atoms with Crippen LogP contribution in [0.25, 0.3) is 16.5 Å². The Hall–Kier alpha value is -2.14. The summed E-state index contributed by atoms with van der Waals surface area (Å²) >= 11 is 0. The molecule has 2 aromatic rings. The molecule has 5 rings (SSSR count). The monoisotopic (exact) mass is 405 g/mol. The molecule has 30 heavy (non-hydrogen) atoms. The van der Waals surface area contributed by atoms with Crippen LogP contribution in [-0.4, -0.2) is 35.6 Å². The molecular weight excluding hydrogens is 370 g/mol. The molecule has 2 heterocycles. The number of benzene rings is 1. The van der Waals surface area contributed by atoms with E-state index in [0.29, 0.717) is 6.04 Å². The molecular formula is C25H35N5. The van der Waals surface area contributed by atoms with Gasteiger partial charge in [-0.1, -0.05) is 37.5 Å². The maximum absolute atomic E-state index is 5.04. The van der Waals surface area contributed by atoms with Crippen molar-refractivity contribution in [2.75, 3.05) is 30.3 Å². The average molecular weight is 406 g/mol. The predicted molar refractivity (Wildman–Crippen MR) is 126 cm³/mol. The lowest BCUT2D eigenvalue weighted by Gasteiger charge is -2.23. The minimum absolute atomic E-state index is 0.455. The van der Waals surface area contributed by atoms with Gasteiger partial charge in [-0.25, -0.2) is 4.98 Å². The van der Waals surface area contributed by atoms with Gasteiger partial charge in [-0.3, -0.25) is 0 Å². The Kier molecular flexibility index (Phi) is 5.89. The van der Waals surface area contributed by atoms with Gasteiger partial charge in [-0.2, -0.15) is 4.98 Å². The lowest BCUT2D eigenvalue weighted by molar-refractivity contribution is 0.373. The molecule has 0 amide bonds. The summed E-state index contributed by atoms with van der Waals surface area (Å²) in [5, 5.41) is 11.9. The van der Waals surface area contributed by atoms with E-state index < -0.39 is 0 Å². The molecule has 0 radical (unpaired) electrons. The minimum atomic E-state index is 0.455. The second-order valence-electron chi connectivity index (χ2n) is 9.44. The number of aromatic nitrogens is 2. The molecule has 3 aliphatic rings. The van der Waals surface area contributed by atoms with Crippen molar-refractivity contribution >= 4 is 28.2 Å². The number of anilines is 2. The van der Waals surface area contributed by atoms with Gasteiger partial charge in [0.2, 0.25) is 5.95 Å². The van der Waals surface area contributed by atoms with Gasteiger partial charge in [0.1, 0.15) is 5.82 Å². The normalized spacial score (nSPS) is 21.3. The number of fused-ring (bicyclic) bond motifs is 1. The van der Waals surface area contributed by atoms with E-state index in [1.807, 2.05) is 0 Å². The van der Waals surface area contributed by atoms with E-state index in [9.17, 15) is 0 Å². The number of rotatable bonds is 7. The number of hydrogen-bond acceptors (Lipinski definition) is 5. The van der Waals surface area contributed by atoms with Crippen LogP contribution in [0.3, 0.4) is 0 Å². The summed E-state index contributed by atoms with van der Waals surface area (Å²) in [5.41, 5.74) is 3.74. The highest BCUT2D eigenvalue weighted by atomic mass is 15.2. The molecule has 1 aromatic heterocycles. The Labute approximate surface area is 180 Å². The number of hydrogen-bond donors (Lipinski definition) is 3. The number of para-hydroxylation sites is 1. The average Bonchev–Trinajstić information content (AvgIpc) is 3.64. The Bertz CT molecular complexity index is 911. The van der Waals surface area contributed by atoms with Crippen molar-refractivity contribution in [1.29, 1.82) is 0 Å². The fourth-order valence-corrected chi connectivity index (χ4v) is 5.02. The first-order valence-electron chi connectivity index (χ1n) is 12.0. The van der Waals surface area contributed by atoms with Crippen LogP contribution in [0.5, 0.6) is 0 Å². The molecule has 1 atom stereocenters. The summed E-state index contributed by atoms with van der Waals surface area (Å²) < 4.78 is 0. The van der Waals surface area contributed by atoms with Crippen LogP contribution in [0.2, 0.25) is 0 Å². The molecule has 1 aromatic carbocycles. The second kappa shape index (κ2) is 8.93. The third-order valence-corrected chi connectivity index (χ3v) is 7.10. The SMILES string of the molecule is CC(Nc1nc(NCC2CCCCC2)nc2c(C3=CCNCC3)cccc12)C1CC1. The van der Waals surface area contributed by atoms with Crippen LogP contribution in [0, 0.1) is 11.8 Å². The smallest absolute Gasteiger partial charge is 0.225 e. The van der Waals surface area contributed by atoms with Crippen LogP contribution in [0.15, 0.2) is 24.3 Å². The topological polar surface area (TPSA) is 61.9 Å². The van der Waals surface area contributed by atoms with Gasteiger partial charge < -0.3 is 16.0 Å². The maximum Gasteiger partial charge on any atom is 0.225 e. The molecule has 5 nitrogen and oxygen atoms in total. The Balaban J connectivity index is 1.49. The van der Waals surface area contributed by atoms with E-state index >= 15 is 0 Å². The fraction of sp³-hybridized carbons (Fsp3) is 0.600. The molecule has 3 N–H and O–H groups in total. The summed E-state index contributed by atoms with van der Waals surface area (Å²) in [4.78, 5) is 10.00. The lowest BCUT2D eigenvalue weighted by Crippen LogP contribution is -2.21. The van der Waals surface area contributed by atoms with Gasteiger partial charge in [0, 0.05) is 30.1 Å². The predicted octanol–water partition coefficient (Wildman–Crippen LogP) is 5.21. The Morgan fingerprint density at radius 2 is 1.97 bits per heavy atom. The van der Waals surface area contributed by atoms with Crippen molar-refractivity contribution < 1.29 is 0 Å². The zero-order chi connectivity index (χ0) is 20.3. The van der Waals surface area contributed by atoms with Gasteiger partial charge in [-0.15, -0.1) is 0 Å². The zero-order valence-corrected chi connectivity index (χ0v) is 18.2. The van der Waals surface area contributed by atoms with E-state index in [1.165, 1.54) is 56.1 Å². The Morgan fingerprint density at radius 3 is 2.73 bits per heavy atom. The molecule has 160 valence electrons. The van der Waals surface area contributed by atoms with Gasteiger partial charge in [0.15, 0.2) is 0 Å². The van der Waals surface area contributed by atoms with Crippen molar-refractivity contribution in [1.82, 2.24) is 15.3 Å². The van der Waals surface area contributed by atoms with Gasteiger partial charge in [0.25, 0.3) is 0 Å². The molecule has 1 aliphatic heterocycles. The van der Waals surface area contributed by atoms with Crippen LogP contribution < -0.4 is 16.0 Å². The lowest BCUT2D eigenvalue weighted by atomic mass is 9.89. The zero-order valence-electron chi connectivity index (χ0n) is 18.2. The number of nitrogens with one attached hydrogen (secondary N) is 3. The molecule has 5 heteroatoms. The molecule has 1 unspecified atom stereocenters. The molecule has 2 aliphatic carbocycles. The van der Waals surface area contributed by atoms with E-state index in [-0.39, 0.29) is 0 Å². The quantitative estimate of drug-likeness (QED) is 0.590. The van der Waals surface area contributed by atoms with Crippen molar-refractivity contribution in [2.45, 2.75) is 64.3 Å². The van der Waals surface area contributed by atoms with E-state index in [2.05, 4.69) is 47.1 Å². The van der Waals surface area contributed by atoms with E-state index in [1.54, 1.807) is 0 Å². The van der Waals surface area contributed by atoms with Crippen molar-refractivity contribution in [3.63, 3.8) is 0 Å². The first-order chi connectivity index (χ1) is 14.8. The standard InChI is InChI=1S/C25H35N5/c1-17(19-10-11-19)28-24-22-9-5-8-21(20-12-14-26-15-13-20)23(22)29-25(30-24)27-16-18-6-3-2-4-7-18/h5,8-9,12,17-19,26H,2-4,6-7,10-11,13-16H2,1H3,(H2,27,28,29,30). The third kappa shape index (κ3) is 4.46. The highest BCUT2D eigenvalue weighted by Crippen LogP contribution is 2.36. The first-order valence-corrected chi connectivity index (χ1v) is 12.0. The molecule has 2 fully saturated rings. The Morgan fingerprint density at radius 1 is 1.10 bits per heavy atom. The fourth-order valence-electron chi connectivity index (χ4n) is 5.02. The summed E-state index contributed by atoms with van der Waals surface area (Å²) in [6.07, 6.45) is 12.8. The van der Waals surface area contributed by atoms with Crippen molar-refractivity contribution in [3.8, 4) is 0 Å². The number of nitrogens with zero attached hydrogens (tertiary/aromatic N) is 2. The molecule has 0 saturated heterocycles. The van der Waals surface area contributed by atoms with E-state index in [4.69, 9.17) is 9.97 Å². The maximum atomic E-state index is 5.04. The molecule has 0 bridgehead atoms. The highest BCUT2D eigenvalue weighted by Gasteiger charge is 2.28. The van der Waals surface area contributed by atoms with Crippen LogP contribution >= 0.6 is 0 Å². The summed E-state index contributed by atoms with van der Waals surface area (Å²) in [7, 11) is 0. The summed E-state index contributed by atoms with van der Waals surface area (Å²) in [5.74, 6) is 3.30. The van der Waals surface area contributed by atoms with Crippen LogP contribution in [-0.2, 0) is 0 Å². The highest BCUT2D eigenvalue weighted by molar-refractivity contribution is 5.97. The second-order valence-corrected chi connectivity index (χ2v) is 9.44. The van der Waals surface area contributed by atoms with Gasteiger partial charge in [-0.05, 0) is 69.0 Å².